The Morgan fingerprint density at radius 1 is 1.39 bits per heavy atom. The normalized spacial score (nSPS) is 11.6. The quantitative estimate of drug-likeness (QED) is 0.788. The van der Waals surface area contributed by atoms with E-state index in [1.807, 2.05) is 13.0 Å². The zero-order chi connectivity index (χ0) is 16.6. The van der Waals surface area contributed by atoms with E-state index in [4.69, 9.17) is 0 Å². The Morgan fingerprint density at radius 3 is 2.87 bits per heavy atom. The predicted octanol–water partition coefficient (Wildman–Crippen LogP) is 1.76. The summed E-state index contributed by atoms with van der Waals surface area (Å²) in [5, 5.41) is 22.1. The highest BCUT2D eigenvalue weighted by Gasteiger charge is 2.17. The number of aromatic nitrogens is 6. The molecule has 0 aliphatic carbocycles. The van der Waals surface area contributed by atoms with Crippen LogP contribution in [-0.4, -0.2) is 40.8 Å². The fraction of sp³-hybridized carbons (Fsp3) is 0.267. The molecule has 0 atom stereocenters. The number of aromatic carboxylic acids is 1. The molecule has 0 saturated heterocycles. The first-order chi connectivity index (χ1) is 11.0. The van der Waals surface area contributed by atoms with Gasteiger partial charge in [-0.15, -0.1) is 5.10 Å². The van der Waals surface area contributed by atoms with Gasteiger partial charge >= 0.3 is 5.97 Å². The Kier molecular flexibility index (Phi) is 3.65. The summed E-state index contributed by atoms with van der Waals surface area (Å²) in [5.74, 6) is -0.997. The lowest BCUT2D eigenvalue weighted by molar-refractivity contribution is 0.0699. The molecule has 8 nitrogen and oxygen atoms in total. The van der Waals surface area contributed by atoms with Crippen molar-refractivity contribution < 1.29 is 9.90 Å². The van der Waals surface area contributed by atoms with E-state index in [1.54, 1.807) is 41.7 Å². The number of hydrogen-bond acceptors (Lipinski definition) is 5. The van der Waals surface area contributed by atoms with E-state index in [0.29, 0.717) is 29.0 Å². The van der Waals surface area contributed by atoms with Crippen molar-refractivity contribution in [1.29, 1.82) is 0 Å². The molecule has 0 aliphatic rings. The lowest BCUT2D eigenvalue weighted by Gasteiger charge is -2.02. The Bertz CT molecular complexity index is 922. The third kappa shape index (κ3) is 2.59. The van der Waals surface area contributed by atoms with Crippen molar-refractivity contribution in [1.82, 2.24) is 29.8 Å². The van der Waals surface area contributed by atoms with Crippen LogP contribution in [0.3, 0.4) is 0 Å². The molecule has 0 aromatic carbocycles. The second kappa shape index (κ2) is 5.64. The van der Waals surface area contributed by atoms with E-state index in [0.717, 1.165) is 5.69 Å². The van der Waals surface area contributed by atoms with Crippen LogP contribution in [-0.2, 0) is 13.6 Å². The van der Waals surface area contributed by atoms with Crippen LogP contribution in [0.4, 0.5) is 0 Å². The molecular weight excluding hydrogens is 296 g/mol. The number of rotatable bonds is 4. The summed E-state index contributed by atoms with van der Waals surface area (Å²) in [6.07, 6.45) is 5.20. The topological polar surface area (TPSA) is 98.7 Å². The summed E-state index contributed by atoms with van der Waals surface area (Å²) in [4.78, 5) is 16.0. The smallest absolute Gasteiger partial charge is 0.336 e. The fourth-order valence-corrected chi connectivity index (χ4v) is 2.53. The summed E-state index contributed by atoms with van der Waals surface area (Å²) in [5.41, 5.74) is 2.76. The molecule has 3 aromatic rings. The standard InChI is InChI=1S/C15H16N6O2/c1-4-21-11(8-16-19-21)6-5-10-7-12(15(22)23)13-9(2)18-20(3)14(13)17-10/h5-8H,4H2,1-3H3,(H,22,23). The maximum atomic E-state index is 11.5. The largest absolute Gasteiger partial charge is 0.478 e. The average molecular weight is 312 g/mol. The number of carboxylic acid groups (broad SMARTS) is 1. The molecule has 8 heteroatoms. The molecule has 0 aliphatic heterocycles. The van der Waals surface area contributed by atoms with Crippen molar-refractivity contribution >= 4 is 29.2 Å². The van der Waals surface area contributed by atoms with E-state index in [1.165, 1.54) is 0 Å². The van der Waals surface area contributed by atoms with Crippen molar-refractivity contribution in [2.45, 2.75) is 20.4 Å². The zero-order valence-electron chi connectivity index (χ0n) is 13.1. The number of hydrogen-bond donors (Lipinski definition) is 1. The highest BCUT2D eigenvalue weighted by atomic mass is 16.4. The summed E-state index contributed by atoms with van der Waals surface area (Å²) >= 11 is 0. The van der Waals surface area contributed by atoms with Crippen molar-refractivity contribution in [2.75, 3.05) is 0 Å². The van der Waals surface area contributed by atoms with Gasteiger partial charge in [0, 0.05) is 13.6 Å². The van der Waals surface area contributed by atoms with Gasteiger partial charge in [0.05, 0.1) is 34.2 Å². The second-order valence-electron chi connectivity index (χ2n) is 5.12. The minimum Gasteiger partial charge on any atom is -0.478 e. The van der Waals surface area contributed by atoms with Gasteiger partial charge in [-0.25, -0.2) is 14.5 Å². The lowest BCUT2D eigenvalue weighted by Crippen LogP contribution is -2.01. The molecule has 0 radical (unpaired) electrons. The van der Waals surface area contributed by atoms with E-state index in [9.17, 15) is 9.90 Å². The molecule has 1 N–H and O–H groups in total. The molecule has 0 bridgehead atoms. The molecule has 0 amide bonds. The van der Waals surface area contributed by atoms with Crippen LogP contribution < -0.4 is 0 Å². The molecule has 23 heavy (non-hydrogen) atoms. The zero-order valence-corrected chi connectivity index (χ0v) is 13.1. The Hall–Kier alpha value is -3.03. The van der Waals surface area contributed by atoms with Crippen molar-refractivity contribution in [3.05, 3.63) is 34.9 Å². The van der Waals surface area contributed by atoms with Crippen LogP contribution in [0.25, 0.3) is 23.2 Å². The molecule has 0 saturated carbocycles. The van der Waals surface area contributed by atoms with Crippen LogP contribution in [0.1, 0.15) is 34.4 Å². The molecule has 3 heterocycles. The van der Waals surface area contributed by atoms with Crippen molar-refractivity contribution in [3.8, 4) is 0 Å². The monoisotopic (exact) mass is 312 g/mol. The SMILES string of the molecule is CCn1nncc1C=Cc1cc(C(=O)O)c2c(C)nn(C)c2n1. The summed E-state index contributed by atoms with van der Waals surface area (Å²) in [7, 11) is 1.75. The third-order valence-electron chi connectivity index (χ3n) is 3.59. The Labute approximate surface area is 132 Å². The molecule has 118 valence electrons. The highest BCUT2D eigenvalue weighted by molar-refractivity contribution is 6.03. The van der Waals surface area contributed by atoms with Crippen molar-refractivity contribution in [2.24, 2.45) is 7.05 Å². The number of nitrogens with zero attached hydrogens (tertiary/aromatic N) is 6. The van der Waals surface area contributed by atoms with Crippen LogP contribution in [0.2, 0.25) is 0 Å². The first kappa shape index (κ1) is 14.9. The van der Waals surface area contributed by atoms with E-state index < -0.39 is 5.97 Å². The Morgan fingerprint density at radius 2 is 2.17 bits per heavy atom. The number of carboxylic acids is 1. The van der Waals surface area contributed by atoms with Gasteiger partial charge in [-0.3, -0.25) is 4.68 Å². The highest BCUT2D eigenvalue weighted by Crippen LogP contribution is 2.22. The molecule has 3 aromatic heterocycles. The second-order valence-corrected chi connectivity index (χ2v) is 5.12. The van der Waals surface area contributed by atoms with Gasteiger partial charge in [0.2, 0.25) is 0 Å². The molecule has 0 fully saturated rings. The Balaban J connectivity index is 2.12. The van der Waals surface area contributed by atoms with Gasteiger partial charge in [-0.05, 0) is 32.1 Å². The van der Waals surface area contributed by atoms with Gasteiger partial charge in [0.1, 0.15) is 0 Å². The van der Waals surface area contributed by atoms with Gasteiger partial charge in [-0.2, -0.15) is 5.10 Å². The summed E-state index contributed by atoms with van der Waals surface area (Å²) < 4.78 is 3.33. The molecule has 0 spiro atoms. The summed E-state index contributed by atoms with van der Waals surface area (Å²) in [6.45, 7) is 4.45. The fourth-order valence-electron chi connectivity index (χ4n) is 2.53. The number of aryl methyl sites for hydroxylation is 3. The molecular formula is C15H16N6O2. The predicted molar refractivity (Wildman–Crippen MR) is 84.8 cm³/mol. The van der Waals surface area contributed by atoms with E-state index in [2.05, 4.69) is 20.4 Å². The maximum absolute atomic E-state index is 11.5. The van der Waals surface area contributed by atoms with Gasteiger partial charge in [-0.1, -0.05) is 5.21 Å². The van der Waals surface area contributed by atoms with Crippen molar-refractivity contribution in [3.63, 3.8) is 0 Å². The lowest BCUT2D eigenvalue weighted by atomic mass is 10.1. The minimum absolute atomic E-state index is 0.197. The first-order valence-electron chi connectivity index (χ1n) is 7.15. The molecule has 3 rings (SSSR count). The summed E-state index contributed by atoms with van der Waals surface area (Å²) in [6, 6.07) is 1.55. The van der Waals surface area contributed by atoms with Gasteiger partial charge < -0.3 is 5.11 Å². The number of pyridine rings is 1. The minimum atomic E-state index is -0.997. The maximum Gasteiger partial charge on any atom is 0.336 e. The average Bonchev–Trinajstić information content (AvgIpc) is 3.09. The van der Waals surface area contributed by atoms with Crippen LogP contribution in [0.15, 0.2) is 12.3 Å². The molecule has 0 unspecified atom stereocenters. The van der Waals surface area contributed by atoms with Gasteiger partial charge in [0.15, 0.2) is 5.65 Å². The first-order valence-corrected chi connectivity index (χ1v) is 7.15. The van der Waals surface area contributed by atoms with Gasteiger partial charge in [0.25, 0.3) is 0 Å². The van der Waals surface area contributed by atoms with Crippen LogP contribution in [0, 0.1) is 6.92 Å². The van der Waals surface area contributed by atoms with Crippen LogP contribution >= 0.6 is 0 Å². The van der Waals surface area contributed by atoms with E-state index in [-0.39, 0.29) is 5.56 Å². The number of carbonyl (C=O) groups is 1. The van der Waals surface area contributed by atoms with E-state index >= 15 is 0 Å². The number of fused-ring (bicyclic) bond motifs is 1. The third-order valence-corrected chi connectivity index (χ3v) is 3.59. The van der Waals surface area contributed by atoms with Crippen LogP contribution in [0.5, 0.6) is 0 Å².